The number of aliphatic hydroxyl groups is 2. The summed E-state index contributed by atoms with van der Waals surface area (Å²) in [5, 5.41) is 21.7. The summed E-state index contributed by atoms with van der Waals surface area (Å²) < 4.78 is 4.47. The van der Waals surface area contributed by atoms with Crippen LogP contribution in [-0.2, 0) is 0 Å². The quantitative estimate of drug-likeness (QED) is 0.652. The maximum atomic E-state index is 9.24. The number of alkyl halides is 1. The molecule has 0 aliphatic carbocycles. The molecule has 1 aromatic heterocycles. The first-order valence-electron chi connectivity index (χ1n) is 3.07. The topological polar surface area (TPSA) is 66.5 Å². The van der Waals surface area contributed by atoms with Gasteiger partial charge in [-0.25, -0.2) is 0 Å². The van der Waals surface area contributed by atoms with Crippen molar-refractivity contribution in [3.8, 4) is 0 Å². The van der Waals surface area contributed by atoms with Crippen LogP contribution in [0.2, 0.25) is 0 Å². The fourth-order valence-corrected chi connectivity index (χ4v) is 0.834. The largest absolute Gasteiger partial charge is 0.389 e. The Morgan fingerprint density at radius 2 is 2.36 bits per heavy atom. The highest BCUT2D eigenvalue weighted by atomic mass is 35.5. The summed E-state index contributed by atoms with van der Waals surface area (Å²) in [5.41, 5.74) is 0.429. The van der Waals surface area contributed by atoms with Gasteiger partial charge in [-0.2, -0.15) is 0 Å². The van der Waals surface area contributed by atoms with Crippen molar-refractivity contribution < 1.29 is 14.7 Å². The Bertz CT molecular complexity index is 202. The Morgan fingerprint density at radius 3 is 2.82 bits per heavy atom. The van der Waals surface area contributed by atoms with Gasteiger partial charge < -0.3 is 14.7 Å². The van der Waals surface area contributed by atoms with Crippen LogP contribution in [0.1, 0.15) is 11.7 Å². The molecule has 0 saturated heterocycles. The monoisotopic (exact) mass is 177 g/mol. The van der Waals surface area contributed by atoms with E-state index in [2.05, 4.69) is 9.68 Å². The van der Waals surface area contributed by atoms with Crippen molar-refractivity contribution in [3.05, 3.63) is 18.0 Å². The first-order chi connectivity index (χ1) is 5.25. The second-order valence-corrected chi connectivity index (χ2v) is 2.43. The fourth-order valence-electron chi connectivity index (χ4n) is 0.666. The Morgan fingerprint density at radius 1 is 1.64 bits per heavy atom. The van der Waals surface area contributed by atoms with Crippen molar-refractivity contribution in [2.45, 2.75) is 12.2 Å². The Balaban J connectivity index is 2.62. The van der Waals surface area contributed by atoms with E-state index in [4.69, 9.17) is 16.7 Å². The summed E-state index contributed by atoms with van der Waals surface area (Å²) in [6.07, 6.45) is 0.607. The highest BCUT2D eigenvalue weighted by molar-refractivity contribution is 6.18. The summed E-state index contributed by atoms with van der Waals surface area (Å²) in [4.78, 5) is 0. The van der Waals surface area contributed by atoms with Gasteiger partial charge in [-0.3, -0.25) is 0 Å². The van der Waals surface area contributed by atoms with Gasteiger partial charge in [0.25, 0.3) is 0 Å². The Labute approximate surface area is 68.4 Å². The number of aromatic nitrogens is 1. The molecular formula is C6H8ClNO3. The van der Waals surface area contributed by atoms with Crippen molar-refractivity contribution in [2.24, 2.45) is 0 Å². The molecule has 2 atom stereocenters. The molecule has 0 radical (unpaired) electrons. The van der Waals surface area contributed by atoms with E-state index >= 15 is 0 Å². The van der Waals surface area contributed by atoms with Crippen LogP contribution in [-0.4, -0.2) is 27.4 Å². The molecule has 0 aliphatic heterocycles. The molecule has 0 bridgehead atoms. The number of rotatable bonds is 3. The van der Waals surface area contributed by atoms with Crippen LogP contribution >= 0.6 is 11.6 Å². The molecule has 2 N–H and O–H groups in total. The van der Waals surface area contributed by atoms with E-state index in [0.29, 0.717) is 5.56 Å². The van der Waals surface area contributed by atoms with Gasteiger partial charge in [0.2, 0.25) is 0 Å². The molecule has 1 heterocycles. The molecule has 1 aromatic rings. The molecule has 1 rings (SSSR count). The Hall–Kier alpha value is -0.580. The van der Waals surface area contributed by atoms with Gasteiger partial charge >= 0.3 is 0 Å². The van der Waals surface area contributed by atoms with Crippen molar-refractivity contribution in [2.75, 3.05) is 5.88 Å². The number of aliphatic hydroxyl groups excluding tert-OH is 2. The molecule has 0 fully saturated rings. The molecule has 0 spiro atoms. The van der Waals surface area contributed by atoms with Gasteiger partial charge in [0.05, 0.1) is 18.2 Å². The van der Waals surface area contributed by atoms with Gasteiger partial charge in [0.1, 0.15) is 12.4 Å². The summed E-state index contributed by atoms with van der Waals surface area (Å²) >= 11 is 5.30. The van der Waals surface area contributed by atoms with Crippen molar-refractivity contribution in [1.82, 2.24) is 5.16 Å². The molecule has 11 heavy (non-hydrogen) atoms. The van der Waals surface area contributed by atoms with Gasteiger partial charge in [0, 0.05) is 5.56 Å². The highest BCUT2D eigenvalue weighted by Gasteiger charge is 2.18. The third kappa shape index (κ3) is 1.92. The first-order valence-corrected chi connectivity index (χ1v) is 3.60. The summed E-state index contributed by atoms with van der Waals surface area (Å²) in [7, 11) is 0. The van der Waals surface area contributed by atoms with Crippen molar-refractivity contribution in [1.29, 1.82) is 0 Å². The molecular weight excluding hydrogens is 170 g/mol. The average Bonchev–Trinajstić information content (AvgIpc) is 2.53. The van der Waals surface area contributed by atoms with E-state index in [1.54, 1.807) is 0 Å². The summed E-state index contributed by atoms with van der Waals surface area (Å²) in [6, 6.07) is 0. The number of hydrogen-bond donors (Lipinski definition) is 2. The van der Waals surface area contributed by atoms with E-state index in [1.165, 1.54) is 12.5 Å². The minimum absolute atomic E-state index is 0.0215. The molecule has 0 aromatic carbocycles. The third-order valence-electron chi connectivity index (χ3n) is 1.32. The van der Waals surface area contributed by atoms with Gasteiger partial charge in [-0.15, -0.1) is 11.6 Å². The van der Waals surface area contributed by atoms with Crippen LogP contribution in [0.25, 0.3) is 0 Å². The van der Waals surface area contributed by atoms with Crippen LogP contribution in [0.3, 0.4) is 0 Å². The standard InChI is InChI=1S/C6H8ClNO3/c7-1-5(9)6(10)4-2-8-11-3-4/h2-3,5-6,9-10H,1H2. The lowest BCUT2D eigenvalue weighted by Gasteiger charge is -2.11. The smallest absolute Gasteiger partial charge is 0.129 e. The normalized spacial score (nSPS) is 16.3. The predicted octanol–water partition coefficient (Wildman–Crippen LogP) is 0.308. The number of halogens is 1. The lowest BCUT2D eigenvalue weighted by atomic mass is 10.1. The maximum absolute atomic E-state index is 9.24. The second-order valence-electron chi connectivity index (χ2n) is 2.12. The van der Waals surface area contributed by atoms with Crippen LogP contribution in [0.15, 0.2) is 17.0 Å². The lowest BCUT2D eigenvalue weighted by molar-refractivity contribution is 0.0323. The SMILES string of the molecule is OC(CCl)C(O)c1cnoc1. The first kappa shape index (κ1) is 8.52. The number of nitrogens with zero attached hydrogens (tertiary/aromatic N) is 1. The number of hydrogen-bond acceptors (Lipinski definition) is 4. The zero-order valence-electron chi connectivity index (χ0n) is 5.64. The molecule has 4 nitrogen and oxygen atoms in total. The van der Waals surface area contributed by atoms with E-state index in [9.17, 15) is 5.11 Å². The molecule has 2 unspecified atom stereocenters. The zero-order valence-corrected chi connectivity index (χ0v) is 6.40. The lowest BCUT2D eigenvalue weighted by Crippen LogP contribution is -2.19. The summed E-state index contributed by atoms with van der Waals surface area (Å²) in [5.74, 6) is -0.0215. The Kier molecular flexibility index (Phi) is 2.87. The van der Waals surface area contributed by atoms with E-state index in [-0.39, 0.29) is 5.88 Å². The van der Waals surface area contributed by atoms with E-state index < -0.39 is 12.2 Å². The zero-order chi connectivity index (χ0) is 8.27. The fraction of sp³-hybridized carbons (Fsp3) is 0.500. The molecule has 0 aliphatic rings. The molecule has 0 saturated carbocycles. The summed E-state index contributed by atoms with van der Waals surface area (Å²) in [6.45, 7) is 0. The third-order valence-corrected chi connectivity index (χ3v) is 1.63. The van der Waals surface area contributed by atoms with Crippen molar-refractivity contribution >= 4 is 11.6 Å². The molecule has 5 heteroatoms. The van der Waals surface area contributed by atoms with E-state index in [1.807, 2.05) is 0 Å². The molecule has 0 amide bonds. The second kappa shape index (κ2) is 3.71. The van der Waals surface area contributed by atoms with Gasteiger partial charge in [-0.1, -0.05) is 5.16 Å². The van der Waals surface area contributed by atoms with Gasteiger partial charge in [-0.05, 0) is 0 Å². The highest BCUT2D eigenvalue weighted by Crippen LogP contribution is 2.16. The van der Waals surface area contributed by atoms with Crippen LogP contribution in [0, 0.1) is 0 Å². The van der Waals surface area contributed by atoms with E-state index in [0.717, 1.165) is 0 Å². The minimum atomic E-state index is -1.02. The maximum Gasteiger partial charge on any atom is 0.129 e. The molecule has 62 valence electrons. The predicted molar refractivity (Wildman–Crippen MR) is 38.2 cm³/mol. The minimum Gasteiger partial charge on any atom is -0.389 e. The van der Waals surface area contributed by atoms with Crippen LogP contribution in [0.4, 0.5) is 0 Å². The van der Waals surface area contributed by atoms with Crippen LogP contribution in [0.5, 0.6) is 0 Å². The average molecular weight is 178 g/mol. The van der Waals surface area contributed by atoms with Crippen molar-refractivity contribution in [3.63, 3.8) is 0 Å². The van der Waals surface area contributed by atoms with Crippen LogP contribution < -0.4 is 0 Å². The van der Waals surface area contributed by atoms with Gasteiger partial charge in [0.15, 0.2) is 0 Å².